The lowest BCUT2D eigenvalue weighted by Crippen LogP contribution is -2.53. The van der Waals surface area contributed by atoms with E-state index in [4.69, 9.17) is 10.5 Å². The minimum absolute atomic E-state index is 0.0891. The number of hydrogen-bond donors (Lipinski definition) is 4. The summed E-state index contributed by atoms with van der Waals surface area (Å²) in [5, 5.41) is 16.4. The molecule has 218 valence electrons. The molecule has 0 fully saturated rings. The van der Waals surface area contributed by atoms with Gasteiger partial charge in [-0.1, -0.05) is 61.9 Å². The van der Waals surface area contributed by atoms with Crippen molar-refractivity contribution in [1.29, 1.82) is 0 Å². The Labute approximate surface area is 236 Å². The van der Waals surface area contributed by atoms with Crippen molar-refractivity contribution in [2.75, 3.05) is 6.54 Å². The monoisotopic (exact) mass is 554 g/mol. The van der Waals surface area contributed by atoms with E-state index in [1.165, 1.54) is 4.90 Å². The smallest absolute Gasteiger partial charge is 0.408 e. The van der Waals surface area contributed by atoms with E-state index in [1.807, 2.05) is 37.3 Å². The number of ether oxygens (including phenoxy) is 1. The summed E-state index contributed by atoms with van der Waals surface area (Å²) in [5.74, 6) is -1.84. The number of unbranched alkanes of at least 4 members (excludes halogenated alkanes) is 1. The zero-order valence-corrected chi connectivity index (χ0v) is 24.0. The quantitative estimate of drug-likeness (QED) is 0.295. The third-order valence-electron chi connectivity index (χ3n) is 6.14. The molecule has 10 nitrogen and oxygen atoms in total. The minimum atomic E-state index is -1.21. The van der Waals surface area contributed by atoms with Gasteiger partial charge in [0.05, 0.1) is 0 Å². The summed E-state index contributed by atoms with van der Waals surface area (Å²) in [6.45, 7) is 9.08. The molecule has 0 bridgehead atoms. The molecule has 0 saturated heterocycles. The fourth-order valence-electron chi connectivity index (χ4n) is 4.12. The molecule has 2 unspecified atom stereocenters. The van der Waals surface area contributed by atoms with Crippen LogP contribution in [0.3, 0.4) is 0 Å². The first-order valence-electron chi connectivity index (χ1n) is 13.5. The molecule has 2 rings (SSSR count). The Morgan fingerprint density at radius 2 is 1.73 bits per heavy atom. The number of nitrogens with one attached hydrogen (secondary N) is 2. The first-order chi connectivity index (χ1) is 18.8. The van der Waals surface area contributed by atoms with Gasteiger partial charge in [0, 0.05) is 25.1 Å². The normalized spacial score (nSPS) is 12.6. The molecule has 0 heterocycles. The van der Waals surface area contributed by atoms with Crippen LogP contribution in [0.4, 0.5) is 4.79 Å². The first kappa shape index (κ1) is 32.1. The molecule has 2 aromatic rings. The standard InChI is InChI=1S/C30H42N4O6/c1-6-7-18-34(28(38)23(16-17-24(31)35)33-29(39)40-30(3,4)5)25(22-15-11-12-20(2)26(22)36)27(37)32-19-21-13-9-8-10-14-21/h8-15,23,25,36H,6-7,16-19H2,1-5H3,(H2,31,35)(H,32,37)(H,33,39). The summed E-state index contributed by atoms with van der Waals surface area (Å²) in [6.07, 6.45) is 0.167. The van der Waals surface area contributed by atoms with E-state index in [-0.39, 0.29) is 37.2 Å². The Hall–Kier alpha value is -4.08. The molecule has 2 atom stereocenters. The molecule has 0 spiro atoms. The van der Waals surface area contributed by atoms with Crippen molar-refractivity contribution in [2.45, 2.75) is 84.5 Å². The van der Waals surface area contributed by atoms with Gasteiger partial charge in [-0.05, 0) is 51.7 Å². The molecule has 0 radical (unpaired) electrons. The molecule has 0 saturated carbocycles. The van der Waals surface area contributed by atoms with E-state index < -0.39 is 41.5 Å². The number of alkyl carbamates (subject to hydrolysis) is 1. The highest BCUT2D eigenvalue weighted by atomic mass is 16.6. The fourth-order valence-corrected chi connectivity index (χ4v) is 4.12. The van der Waals surface area contributed by atoms with Crippen LogP contribution in [-0.2, 0) is 25.7 Å². The van der Waals surface area contributed by atoms with E-state index in [0.29, 0.717) is 18.4 Å². The highest BCUT2D eigenvalue weighted by Gasteiger charge is 2.37. The number of carbonyl (C=O) groups is 4. The summed E-state index contributed by atoms with van der Waals surface area (Å²) < 4.78 is 5.34. The molecule has 0 aliphatic heterocycles. The van der Waals surface area contributed by atoms with Crippen molar-refractivity contribution >= 4 is 23.8 Å². The van der Waals surface area contributed by atoms with Crippen LogP contribution < -0.4 is 16.4 Å². The Bertz CT molecular complexity index is 1160. The highest BCUT2D eigenvalue weighted by molar-refractivity contribution is 5.93. The van der Waals surface area contributed by atoms with Gasteiger partial charge < -0.3 is 31.1 Å². The predicted molar refractivity (Wildman–Crippen MR) is 152 cm³/mol. The topological polar surface area (TPSA) is 151 Å². The molecular weight excluding hydrogens is 512 g/mol. The van der Waals surface area contributed by atoms with E-state index in [1.54, 1.807) is 45.9 Å². The van der Waals surface area contributed by atoms with Gasteiger partial charge in [0.25, 0.3) is 0 Å². The third kappa shape index (κ3) is 9.91. The van der Waals surface area contributed by atoms with Crippen molar-refractivity contribution in [3.8, 4) is 5.75 Å². The van der Waals surface area contributed by atoms with E-state index in [9.17, 15) is 24.3 Å². The van der Waals surface area contributed by atoms with Crippen LogP contribution in [-0.4, -0.2) is 52.0 Å². The van der Waals surface area contributed by atoms with Crippen molar-refractivity contribution in [1.82, 2.24) is 15.5 Å². The number of phenols is 1. The third-order valence-corrected chi connectivity index (χ3v) is 6.14. The number of benzene rings is 2. The van der Waals surface area contributed by atoms with Gasteiger partial charge >= 0.3 is 6.09 Å². The van der Waals surface area contributed by atoms with Crippen LogP contribution in [0.1, 0.15) is 76.1 Å². The van der Waals surface area contributed by atoms with Gasteiger partial charge in [0.1, 0.15) is 23.4 Å². The Morgan fingerprint density at radius 1 is 1.05 bits per heavy atom. The van der Waals surface area contributed by atoms with Crippen molar-refractivity contribution in [2.24, 2.45) is 5.73 Å². The number of primary amides is 1. The second-order valence-electron chi connectivity index (χ2n) is 10.7. The summed E-state index contributed by atoms with van der Waals surface area (Å²) in [6, 6.07) is 11.9. The lowest BCUT2D eigenvalue weighted by atomic mass is 9.98. The number of nitrogens with zero attached hydrogens (tertiary/aromatic N) is 1. The Kier molecular flexibility index (Phi) is 12.0. The summed E-state index contributed by atoms with van der Waals surface area (Å²) in [5.41, 5.74) is 6.18. The molecule has 2 aromatic carbocycles. The first-order valence-corrected chi connectivity index (χ1v) is 13.5. The number of para-hydroxylation sites is 1. The molecule has 10 heteroatoms. The molecule has 0 aliphatic rings. The second kappa shape index (κ2) is 14.9. The molecule has 4 amide bonds. The van der Waals surface area contributed by atoms with Gasteiger partial charge in [-0.2, -0.15) is 0 Å². The number of carbonyl (C=O) groups excluding carboxylic acids is 4. The van der Waals surface area contributed by atoms with Gasteiger partial charge in [0.15, 0.2) is 0 Å². The summed E-state index contributed by atoms with van der Waals surface area (Å²) in [4.78, 5) is 53.5. The van der Waals surface area contributed by atoms with E-state index in [2.05, 4.69) is 10.6 Å². The number of rotatable bonds is 13. The maximum Gasteiger partial charge on any atom is 0.408 e. The number of aryl methyl sites for hydroxylation is 1. The van der Waals surface area contributed by atoms with Gasteiger partial charge in [0.2, 0.25) is 17.7 Å². The average Bonchev–Trinajstić information content (AvgIpc) is 2.88. The second-order valence-corrected chi connectivity index (χ2v) is 10.7. The van der Waals surface area contributed by atoms with E-state index >= 15 is 0 Å². The van der Waals surface area contributed by atoms with Crippen LogP contribution >= 0.6 is 0 Å². The maximum absolute atomic E-state index is 14.1. The van der Waals surface area contributed by atoms with Gasteiger partial charge in [-0.25, -0.2) is 4.79 Å². The largest absolute Gasteiger partial charge is 0.507 e. The van der Waals surface area contributed by atoms with Gasteiger partial charge in [-0.15, -0.1) is 0 Å². The summed E-state index contributed by atoms with van der Waals surface area (Å²) >= 11 is 0. The SMILES string of the molecule is CCCCN(C(=O)C(CCC(N)=O)NC(=O)OC(C)(C)C)C(C(=O)NCc1ccccc1)c1cccc(C)c1O. The van der Waals surface area contributed by atoms with Crippen molar-refractivity contribution in [3.05, 3.63) is 65.2 Å². The van der Waals surface area contributed by atoms with Crippen molar-refractivity contribution in [3.63, 3.8) is 0 Å². The molecule has 0 aromatic heterocycles. The fraction of sp³-hybridized carbons (Fsp3) is 0.467. The number of nitrogens with two attached hydrogens (primary N) is 1. The van der Waals surface area contributed by atoms with Crippen LogP contribution in [0.25, 0.3) is 0 Å². The maximum atomic E-state index is 14.1. The zero-order chi connectivity index (χ0) is 29.9. The molecule has 0 aliphatic carbocycles. The summed E-state index contributed by atoms with van der Waals surface area (Å²) in [7, 11) is 0. The number of aromatic hydroxyl groups is 1. The highest BCUT2D eigenvalue weighted by Crippen LogP contribution is 2.33. The number of hydrogen-bond acceptors (Lipinski definition) is 6. The zero-order valence-electron chi connectivity index (χ0n) is 24.0. The van der Waals surface area contributed by atoms with E-state index in [0.717, 1.165) is 5.56 Å². The van der Waals surface area contributed by atoms with Crippen LogP contribution in [0.2, 0.25) is 0 Å². The van der Waals surface area contributed by atoms with Crippen LogP contribution in [0, 0.1) is 6.92 Å². The van der Waals surface area contributed by atoms with Crippen molar-refractivity contribution < 1.29 is 29.0 Å². The van der Waals surface area contributed by atoms with Crippen LogP contribution in [0.5, 0.6) is 5.75 Å². The molecular formula is C30H42N4O6. The minimum Gasteiger partial charge on any atom is -0.507 e. The molecule has 5 N–H and O–H groups in total. The predicted octanol–water partition coefficient (Wildman–Crippen LogP) is 3.85. The number of amides is 4. The Morgan fingerprint density at radius 3 is 2.33 bits per heavy atom. The molecule has 40 heavy (non-hydrogen) atoms. The van der Waals surface area contributed by atoms with Crippen LogP contribution in [0.15, 0.2) is 48.5 Å². The number of phenolic OH excluding ortho intramolecular Hbond substituents is 1. The van der Waals surface area contributed by atoms with Gasteiger partial charge in [-0.3, -0.25) is 14.4 Å². The lowest BCUT2D eigenvalue weighted by molar-refractivity contribution is -0.143. The average molecular weight is 555 g/mol. The lowest BCUT2D eigenvalue weighted by Gasteiger charge is -2.35. The Balaban J connectivity index is 2.52.